The molecule has 0 spiro atoms. The maximum Gasteiger partial charge on any atom is 0.222 e. The van der Waals surface area contributed by atoms with Crippen LogP contribution in [0.4, 0.5) is 0 Å². The second-order valence-electron chi connectivity index (χ2n) is 9.53. The van der Waals surface area contributed by atoms with Gasteiger partial charge in [-0.3, -0.25) is 4.99 Å². The van der Waals surface area contributed by atoms with Crippen molar-refractivity contribution in [1.29, 1.82) is 0 Å². The van der Waals surface area contributed by atoms with E-state index in [1.807, 2.05) is 5.55 Å². The Morgan fingerprint density at radius 1 is 1.00 bits per heavy atom. The van der Waals surface area contributed by atoms with Crippen molar-refractivity contribution in [2.24, 2.45) is 16.8 Å². The number of thioether (sulfide) groups is 1. The molecule has 172 valence electrons. The topological polar surface area (TPSA) is 38.1 Å². The largest absolute Gasteiger partial charge is 0.285 e. The minimum atomic E-state index is 0.287. The predicted octanol–water partition coefficient (Wildman–Crippen LogP) is 7.79. The molecule has 0 N–H and O–H groups in total. The molecule has 7 rings (SSSR count). The van der Waals surface area contributed by atoms with Crippen molar-refractivity contribution >= 4 is 45.3 Å². The van der Waals surface area contributed by atoms with Gasteiger partial charge in [-0.1, -0.05) is 48.4 Å². The van der Waals surface area contributed by atoms with Gasteiger partial charge < -0.3 is 0 Å². The number of halogens is 1. The molecule has 3 nitrogen and oxygen atoms in total. The highest BCUT2D eigenvalue weighted by molar-refractivity contribution is 8.12. The Morgan fingerprint density at radius 3 is 2.59 bits per heavy atom. The molecule has 3 aliphatic carbocycles. The third-order valence-corrected chi connectivity index (χ3v) is 8.58. The smallest absolute Gasteiger partial charge is 0.222 e. The molecule has 0 radical (unpaired) electrons. The van der Waals surface area contributed by atoms with Gasteiger partial charge in [-0.2, -0.15) is 0 Å². The highest BCUT2D eigenvalue weighted by Crippen LogP contribution is 2.49. The lowest BCUT2D eigenvalue weighted by molar-refractivity contribution is 0.227. The molecule has 2 heterocycles. The first-order valence-corrected chi connectivity index (χ1v) is 13.7. The number of aromatic nitrogens is 2. The molecule has 5 heteroatoms. The summed E-state index contributed by atoms with van der Waals surface area (Å²) in [5, 5.41) is 2.98. The van der Waals surface area contributed by atoms with E-state index in [1.54, 1.807) is 35.3 Å². The predicted molar refractivity (Wildman–Crippen MR) is 146 cm³/mol. The van der Waals surface area contributed by atoms with Gasteiger partial charge in [-0.05, 0) is 94.6 Å². The van der Waals surface area contributed by atoms with Crippen LogP contribution >= 0.6 is 23.4 Å². The molecule has 0 amide bonds. The monoisotopic (exact) mass is 485 g/mol. The van der Waals surface area contributed by atoms with Crippen LogP contribution in [0.2, 0.25) is 5.28 Å². The van der Waals surface area contributed by atoms with Crippen molar-refractivity contribution in [3.63, 3.8) is 0 Å². The van der Waals surface area contributed by atoms with Gasteiger partial charge in [-0.25, -0.2) is 9.97 Å². The molecule has 3 aromatic rings. The molecular formula is C29H28ClN3S. The minimum Gasteiger partial charge on any atom is -0.285 e. The fraction of sp³-hybridized carbons (Fsp3) is 0.345. The minimum absolute atomic E-state index is 0.287. The Labute approximate surface area is 210 Å². The fourth-order valence-corrected chi connectivity index (χ4v) is 6.36. The van der Waals surface area contributed by atoms with E-state index in [0.29, 0.717) is 0 Å². The van der Waals surface area contributed by atoms with Crippen LogP contribution < -0.4 is 0 Å². The summed E-state index contributed by atoms with van der Waals surface area (Å²) >= 11 is 7.64. The fourth-order valence-electron chi connectivity index (χ4n) is 5.74. The number of hydrogen-bond acceptors (Lipinski definition) is 4. The SMILES string of the molecule is C1=NCCS1.Clc1ncc(-c2ccc3c4c(ccc3c2)C2=C(CCC=C2)C(C2CCC2)C4)cn1. The Hall–Kier alpha value is -2.43. The van der Waals surface area contributed by atoms with E-state index in [9.17, 15) is 0 Å². The summed E-state index contributed by atoms with van der Waals surface area (Å²) in [5.74, 6) is 2.83. The lowest BCUT2D eigenvalue weighted by Gasteiger charge is -2.40. The lowest BCUT2D eigenvalue weighted by atomic mass is 9.64. The molecule has 0 bridgehead atoms. The van der Waals surface area contributed by atoms with Crippen molar-refractivity contribution in [3.8, 4) is 11.1 Å². The summed E-state index contributed by atoms with van der Waals surface area (Å²) in [6, 6.07) is 11.4. The molecule has 34 heavy (non-hydrogen) atoms. The molecule has 1 aliphatic heterocycles. The molecular weight excluding hydrogens is 458 g/mol. The van der Waals surface area contributed by atoms with Crippen LogP contribution in [0.15, 0.2) is 65.4 Å². The molecule has 1 unspecified atom stereocenters. The zero-order chi connectivity index (χ0) is 22.9. The number of allylic oxidation sites excluding steroid dienone is 4. The van der Waals surface area contributed by atoms with Crippen molar-refractivity contribution in [2.75, 3.05) is 12.3 Å². The van der Waals surface area contributed by atoms with E-state index >= 15 is 0 Å². The van der Waals surface area contributed by atoms with Crippen LogP contribution in [0.3, 0.4) is 0 Å². The second kappa shape index (κ2) is 9.67. The average molecular weight is 486 g/mol. The Balaban J connectivity index is 0.000000388. The summed E-state index contributed by atoms with van der Waals surface area (Å²) in [4.78, 5) is 12.2. The number of nitrogens with zero attached hydrogens (tertiary/aromatic N) is 3. The zero-order valence-corrected chi connectivity index (χ0v) is 20.8. The first kappa shape index (κ1) is 22.1. The Bertz CT molecular complexity index is 1300. The van der Waals surface area contributed by atoms with Crippen LogP contribution in [0, 0.1) is 11.8 Å². The van der Waals surface area contributed by atoms with Crippen molar-refractivity contribution in [3.05, 3.63) is 76.9 Å². The molecule has 0 saturated heterocycles. The highest BCUT2D eigenvalue weighted by Gasteiger charge is 2.35. The first-order valence-electron chi connectivity index (χ1n) is 12.3. The summed E-state index contributed by atoms with van der Waals surface area (Å²) < 4.78 is 0. The third-order valence-electron chi connectivity index (χ3n) is 7.66. The number of fused-ring (bicyclic) bond motifs is 4. The third kappa shape index (κ3) is 4.23. The van der Waals surface area contributed by atoms with E-state index < -0.39 is 0 Å². The summed E-state index contributed by atoms with van der Waals surface area (Å²) in [5.41, 5.74) is 10.3. The van der Waals surface area contributed by atoms with E-state index in [2.05, 4.69) is 57.4 Å². The highest BCUT2D eigenvalue weighted by atomic mass is 35.5. The number of aliphatic imine (C=N–C) groups is 1. The van der Waals surface area contributed by atoms with E-state index in [-0.39, 0.29) is 5.28 Å². The van der Waals surface area contributed by atoms with Gasteiger partial charge >= 0.3 is 0 Å². The first-order chi connectivity index (χ1) is 16.8. The maximum atomic E-state index is 5.85. The van der Waals surface area contributed by atoms with Crippen molar-refractivity contribution < 1.29 is 0 Å². The molecule has 1 atom stereocenters. The average Bonchev–Trinajstić information content (AvgIpc) is 3.43. The Kier molecular flexibility index (Phi) is 6.28. The van der Waals surface area contributed by atoms with Crippen LogP contribution in [0.25, 0.3) is 27.5 Å². The molecule has 2 aromatic carbocycles. The van der Waals surface area contributed by atoms with Crippen LogP contribution in [0.5, 0.6) is 0 Å². The zero-order valence-electron chi connectivity index (χ0n) is 19.2. The number of hydrogen-bond donors (Lipinski definition) is 0. The molecule has 4 aliphatic rings. The number of rotatable bonds is 2. The summed E-state index contributed by atoms with van der Waals surface area (Å²) in [6.07, 6.45) is 16.2. The lowest BCUT2D eigenvalue weighted by Crippen LogP contribution is -2.29. The molecule has 1 fully saturated rings. The van der Waals surface area contributed by atoms with E-state index in [4.69, 9.17) is 11.6 Å². The molecule has 1 saturated carbocycles. The Morgan fingerprint density at radius 2 is 1.88 bits per heavy atom. The quantitative estimate of drug-likeness (QED) is 0.347. The van der Waals surface area contributed by atoms with E-state index in [0.717, 1.165) is 29.5 Å². The van der Waals surface area contributed by atoms with Crippen LogP contribution in [0.1, 0.15) is 43.2 Å². The van der Waals surface area contributed by atoms with Gasteiger partial charge in [0.2, 0.25) is 5.28 Å². The summed E-state index contributed by atoms with van der Waals surface area (Å²) in [6.45, 7) is 1.03. The van der Waals surface area contributed by atoms with Crippen molar-refractivity contribution in [1.82, 2.24) is 9.97 Å². The van der Waals surface area contributed by atoms with Gasteiger partial charge in [0.1, 0.15) is 0 Å². The second-order valence-corrected chi connectivity index (χ2v) is 10.8. The van der Waals surface area contributed by atoms with Gasteiger partial charge in [0, 0.05) is 30.3 Å². The summed E-state index contributed by atoms with van der Waals surface area (Å²) in [7, 11) is 0. The van der Waals surface area contributed by atoms with E-state index in [1.165, 1.54) is 66.2 Å². The van der Waals surface area contributed by atoms with Gasteiger partial charge in [0.15, 0.2) is 0 Å². The molecule has 1 aromatic heterocycles. The van der Waals surface area contributed by atoms with Gasteiger partial charge in [0.25, 0.3) is 0 Å². The van der Waals surface area contributed by atoms with Crippen molar-refractivity contribution in [2.45, 2.75) is 38.5 Å². The number of benzene rings is 2. The standard InChI is InChI=1S/C26H23ClN2.C3H5NS/c27-26-28-14-19(15-29-26)17-8-10-20-18(12-17)9-11-23-21-6-1-2-7-22(21)24(13-25(20)23)16-4-3-5-16;1-2-5-3-4-1/h1,6,8-12,14-16,24H,2-5,7,13H2;3H,1-2H2. The van der Waals surface area contributed by atoms with Gasteiger partial charge in [0.05, 0.1) is 5.55 Å². The van der Waals surface area contributed by atoms with Gasteiger partial charge in [-0.15, -0.1) is 11.8 Å². The normalized spacial score (nSPS) is 21.0. The maximum absolute atomic E-state index is 5.85. The van der Waals surface area contributed by atoms with Crippen LogP contribution in [-0.2, 0) is 6.42 Å². The van der Waals surface area contributed by atoms with Crippen LogP contribution in [-0.4, -0.2) is 27.8 Å².